The van der Waals surface area contributed by atoms with Gasteiger partial charge in [0.15, 0.2) is 0 Å². The molecule has 0 aromatic heterocycles. The van der Waals surface area contributed by atoms with Crippen LogP contribution in [0.15, 0.2) is 54.1 Å². The number of aliphatic hydroxyl groups excluding tert-OH is 2. The van der Waals surface area contributed by atoms with Crippen molar-refractivity contribution in [2.75, 3.05) is 26.9 Å². The normalized spacial score (nSPS) is 18.2. The van der Waals surface area contributed by atoms with E-state index in [-0.39, 0.29) is 24.5 Å². The number of amides is 1. The van der Waals surface area contributed by atoms with Gasteiger partial charge in [0.05, 0.1) is 31.9 Å². The van der Waals surface area contributed by atoms with E-state index in [2.05, 4.69) is 0 Å². The van der Waals surface area contributed by atoms with Gasteiger partial charge in [-0.3, -0.25) is 9.59 Å². The zero-order valence-electron chi connectivity index (χ0n) is 16.3. The number of rotatable bonds is 7. The van der Waals surface area contributed by atoms with Crippen LogP contribution in [0, 0.1) is 0 Å². The van der Waals surface area contributed by atoms with Crippen molar-refractivity contribution in [3.05, 3.63) is 65.2 Å². The Morgan fingerprint density at radius 1 is 1.03 bits per heavy atom. The number of Topliss-reactive ketones (excluding diaryl/α,β-unsaturated/α-hetero) is 1. The van der Waals surface area contributed by atoms with E-state index in [9.17, 15) is 19.8 Å². The van der Waals surface area contributed by atoms with Crippen molar-refractivity contribution in [3.63, 3.8) is 0 Å². The monoisotopic (exact) mass is 397 g/mol. The zero-order chi connectivity index (χ0) is 21.0. The van der Waals surface area contributed by atoms with Crippen molar-refractivity contribution < 1.29 is 29.3 Å². The van der Waals surface area contributed by atoms with Gasteiger partial charge in [0.2, 0.25) is 0 Å². The quantitative estimate of drug-likeness (QED) is 0.423. The lowest BCUT2D eigenvalue weighted by Gasteiger charge is -2.24. The molecule has 1 unspecified atom stereocenters. The number of β-amino-alcohol motifs (C(OH)–C–C–N with tert-alkyl or cyclic N) is 1. The molecule has 1 heterocycles. The lowest BCUT2D eigenvalue weighted by molar-refractivity contribution is -0.140. The maximum absolute atomic E-state index is 12.7. The molecule has 2 aromatic carbocycles. The number of methoxy groups -OCH3 is 1. The van der Waals surface area contributed by atoms with Crippen LogP contribution in [-0.2, 0) is 9.59 Å². The molecule has 1 fully saturated rings. The summed E-state index contributed by atoms with van der Waals surface area (Å²) in [7, 11) is 1.54. The summed E-state index contributed by atoms with van der Waals surface area (Å²) in [5, 5.41) is 20.3. The number of carbonyl (C=O) groups is 2. The summed E-state index contributed by atoms with van der Waals surface area (Å²) >= 11 is 0. The van der Waals surface area contributed by atoms with Crippen molar-refractivity contribution in [2.24, 2.45) is 0 Å². The Kier molecular flexibility index (Phi) is 6.19. The number of ether oxygens (including phenoxy) is 2. The Balaban J connectivity index is 2.09. The van der Waals surface area contributed by atoms with Crippen LogP contribution in [0.5, 0.6) is 11.5 Å². The van der Waals surface area contributed by atoms with Gasteiger partial charge in [0, 0.05) is 12.1 Å². The highest BCUT2D eigenvalue weighted by Crippen LogP contribution is 2.39. The van der Waals surface area contributed by atoms with Crippen LogP contribution in [0.1, 0.15) is 24.1 Å². The third-order valence-corrected chi connectivity index (χ3v) is 4.75. The fourth-order valence-electron chi connectivity index (χ4n) is 3.38. The number of hydrogen-bond acceptors (Lipinski definition) is 6. The number of nitrogens with zero attached hydrogens (tertiary/aromatic N) is 1. The highest BCUT2D eigenvalue weighted by Gasteiger charge is 2.45. The molecule has 3 rings (SSSR count). The van der Waals surface area contributed by atoms with Crippen molar-refractivity contribution in [3.8, 4) is 11.5 Å². The summed E-state index contributed by atoms with van der Waals surface area (Å²) in [6.07, 6.45) is 0. The average molecular weight is 397 g/mol. The second-order valence-corrected chi connectivity index (χ2v) is 6.45. The van der Waals surface area contributed by atoms with Gasteiger partial charge in [-0.25, -0.2) is 0 Å². The number of hydrogen-bond donors (Lipinski definition) is 2. The third kappa shape index (κ3) is 3.95. The Bertz CT molecular complexity index is 917. The van der Waals surface area contributed by atoms with Crippen LogP contribution in [0.4, 0.5) is 0 Å². The second-order valence-electron chi connectivity index (χ2n) is 6.45. The van der Waals surface area contributed by atoms with E-state index in [1.54, 1.807) is 55.6 Å². The van der Waals surface area contributed by atoms with Crippen molar-refractivity contribution >= 4 is 17.4 Å². The first kappa shape index (κ1) is 20.4. The van der Waals surface area contributed by atoms with E-state index < -0.39 is 17.7 Å². The van der Waals surface area contributed by atoms with Crippen molar-refractivity contribution in [1.29, 1.82) is 0 Å². The van der Waals surface area contributed by atoms with Gasteiger partial charge < -0.3 is 24.6 Å². The molecule has 29 heavy (non-hydrogen) atoms. The first-order chi connectivity index (χ1) is 14.0. The van der Waals surface area contributed by atoms with E-state index in [0.29, 0.717) is 29.2 Å². The van der Waals surface area contributed by atoms with E-state index in [0.717, 1.165) is 0 Å². The molecule has 1 atom stereocenters. The Morgan fingerprint density at radius 2 is 1.66 bits per heavy atom. The molecule has 0 saturated carbocycles. The molecule has 0 spiro atoms. The largest absolute Gasteiger partial charge is 0.507 e. The van der Waals surface area contributed by atoms with E-state index in [1.165, 1.54) is 4.90 Å². The van der Waals surface area contributed by atoms with Gasteiger partial charge in [-0.05, 0) is 48.9 Å². The lowest BCUT2D eigenvalue weighted by Crippen LogP contribution is -2.32. The van der Waals surface area contributed by atoms with Gasteiger partial charge in [0.1, 0.15) is 17.3 Å². The van der Waals surface area contributed by atoms with E-state index in [1.807, 2.05) is 6.92 Å². The second kappa shape index (κ2) is 8.79. The Labute approximate surface area is 168 Å². The molecule has 7 heteroatoms. The zero-order valence-corrected chi connectivity index (χ0v) is 16.3. The minimum absolute atomic E-state index is 0.0159. The predicted octanol–water partition coefficient (Wildman–Crippen LogP) is 2.51. The highest BCUT2D eigenvalue weighted by molar-refractivity contribution is 6.46. The third-order valence-electron chi connectivity index (χ3n) is 4.75. The van der Waals surface area contributed by atoms with Gasteiger partial charge in [-0.1, -0.05) is 12.1 Å². The summed E-state index contributed by atoms with van der Waals surface area (Å²) in [5.74, 6) is -0.554. The van der Waals surface area contributed by atoms with Gasteiger partial charge in [-0.15, -0.1) is 0 Å². The minimum atomic E-state index is -0.806. The topological polar surface area (TPSA) is 96.3 Å². The molecule has 2 aromatic rings. The number of ketones is 1. The minimum Gasteiger partial charge on any atom is -0.507 e. The molecule has 152 valence electrons. The standard InChI is InChI=1S/C22H23NO6/c1-3-29-17-10-6-15(7-11-17)20(25)18-19(14-4-8-16(28-2)9-5-14)23(12-13-24)22(27)21(18)26/h4-11,19,24-25H,3,12-13H2,1-2H3/b20-18-. The summed E-state index contributed by atoms with van der Waals surface area (Å²) in [4.78, 5) is 26.6. The SMILES string of the molecule is CCOc1ccc(/C(O)=C2/C(=O)C(=O)N(CCO)C2c2ccc(OC)cc2)cc1. The molecule has 1 aliphatic heterocycles. The molecule has 0 aliphatic carbocycles. The fourth-order valence-corrected chi connectivity index (χ4v) is 3.38. The Morgan fingerprint density at radius 3 is 2.21 bits per heavy atom. The van der Waals surface area contributed by atoms with E-state index in [4.69, 9.17) is 9.47 Å². The summed E-state index contributed by atoms with van der Waals surface area (Å²) in [5.41, 5.74) is 1.01. The molecular formula is C22H23NO6. The molecule has 1 amide bonds. The van der Waals surface area contributed by atoms with Crippen LogP contribution >= 0.6 is 0 Å². The summed E-state index contributed by atoms with van der Waals surface area (Å²) in [6.45, 7) is 2.05. The van der Waals surface area contributed by atoms with Crippen LogP contribution in [0.2, 0.25) is 0 Å². The molecule has 0 radical (unpaired) electrons. The first-order valence-electron chi connectivity index (χ1n) is 9.28. The first-order valence-corrected chi connectivity index (χ1v) is 9.28. The molecule has 1 saturated heterocycles. The van der Waals surface area contributed by atoms with Crippen LogP contribution in [0.3, 0.4) is 0 Å². The van der Waals surface area contributed by atoms with Gasteiger partial charge in [0.25, 0.3) is 11.7 Å². The molecule has 2 N–H and O–H groups in total. The maximum atomic E-state index is 12.7. The molecular weight excluding hydrogens is 374 g/mol. The van der Waals surface area contributed by atoms with Crippen molar-refractivity contribution in [1.82, 2.24) is 4.90 Å². The van der Waals surface area contributed by atoms with Gasteiger partial charge in [-0.2, -0.15) is 0 Å². The van der Waals surface area contributed by atoms with Gasteiger partial charge >= 0.3 is 0 Å². The smallest absolute Gasteiger partial charge is 0.295 e. The average Bonchev–Trinajstić information content (AvgIpc) is 2.99. The van der Waals surface area contributed by atoms with Crippen molar-refractivity contribution in [2.45, 2.75) is 13.0 Å². The number of aliphatic hydroxyl groups is 2. The number of carbonyl (C=O) groups excluding carboxylic acids is 2. The fraction of sp³-hybridized carbons (Fsp3) is 0.273. The maximum Gasteiger partial charge on any atom is 0.295 e. The Hall–Kier alpha value is -3.32. The molecule has 1 aliphatic rings. The van der Waals surface area contributed by atoms with Crippen LogP contribution < -0.4 is 9.47 Å². The summed E-state index contributed by atoms with van der Waals surface area (Å²) < 4.78 is 10.6. The van der Waals surface area contributed by atoms with Crippen LogP contribution in [-0.4, -0.2) is 53.7 Å². The summed E-state index contributed by atoms with van der Waals surface area (Å²) in [6, 6.07) is 12.7. The highest BCUT2D eigenvalue weighted by atomic mass is 16.5. The van der Waals surface area contributed by atoms with E-state index >= 15 is 0 Å². The predicted molar refractivity (Wildman–Crippen MR) is 107 cm³/mol. The van der Waals surface area contributed by atoms with Crippen LogP contribution in [0.25, 0.3) is 5.76 Å². The molecule has 7 nitrogen and oxygen atoms in total. The lowest BCUT2D eigenvalue weighted by atomic mass is 9.95. The number of likely N-dealkylation sites (tertiary alicyclic amines) is 1. The number of benzene rings is 2. The molecule has 0 bridgehead atoms.